The van der Waals surface area contributed by atoms with Gasteiger partial charge >= 0.3 is 0 Å². The number of amides is 1. The zero-order valence-corrected chi connectivity index (χ0v) is 8.91. The summed E-state index contributed by atoms with van der Waals surface area (Å²) in [4.78, 5) is 11.4. The Morgan fingerprint density at radius 2 is 2.21 bits per heavy atom. The first kappa shape index (κ1) is 10.8. The highest BCUT2D eigenvalue weighted by molar-refractivity contribution is 5.76. The van der Waals surface area contributed by atoms with Gasteiger partial charge < -0.3 is 9.73 Å². The van der Waals surface area contributed by atoms with Crippen LogP contribution in [-0.2, 0) is 4.79 Å². The monoisotopic (exact) mass is 195 g/mol. The van der Waals surface area contributed by atoms with E-state index in [0.29, 0.717) is 12.3 Å². The molecular formula is C11H17NO2. The molecule has 0 saturated carbocycles. The van der Waals surface area contributed by atoms with E-state index in [1.54, 1.807) is 6.26 Å². The Labute approximate surface area is 84.5 Å². The SMILES string of the molecule is CC(C)CC(=O)NC(C)c1ccco1. The van der Waals surface area contributed by atoms with Crippen molar-refractivity contribution < 1.29 is 9.21 Å². The second-order valence-corrected chi connectivity index (χ2v) is 3.90. The molecule has 1 aromatic rings. The predicted molar refractivity (Wildman–Crippen MR) is 54.7 cm³/mol. The maximum absolute atomic E-state index is 11.4. The highest BCUT2D eigenvalue weighted by Gasteiger charge is 2.12. The molecule has 0 saturated heterocycles. The van der Waals surface area contributed by atoms with Crippen LogP contribution in [0.3, 0.4) is 0 Å². The van der Waals surface area contributed by atoms with Crippen LogP contribution in [0.1, 0.15) is 39.0 Å². The molecule has 0 aliphatic heterocycles. The molecule has 3 heteroatoms. The molecular weight excluding hydrogens is 178 g/mol. The molecule has 1 rings (SSSR count). The van der Waals surface area contributed by atoms with Gasteiger partial charge in [0.2, 0.25) is 5.91 Å². The van der Waals surface area contributed by atoms with Gasteiger partial charge in [0.15, 0.2) is 0 Å². The van der Waals surface area contributed by atoms with Crippen molar-refractivity contribution in [2.24, 2.45) is 5.92 Å². The number of hydrogen-bond donors (Lipinski definition) is 1. The summed E-state index contributed by atoms with van der Waals surface area (Å²) in [6.45, 7) is 5.96. The molecule has 14 heavy (non-hydrogen) atoms. The molecule has 1 N–H and O–H groups in total. The van der Waals surface area contributed by atoms with Gasteiger partial charge in [-0.2, -0.15) is 0 Å². The molecule has 0 spiro atoms. The van der Waals surface area contributed by atoms with Gasteiger partial charge in [-0.15, -0.1) is 0 Å². The van der Waals surface area contributed by atoms with Crippen molar-refractivity contribution in [3.8, 4) is 0 Å². The van der Waals surface area contributed by atoms with Crippen molar-refractivity contribution in [2.75, 3.05) is 0 Å². The fraction of sp³-hybridized carbons (Fsp3) is 0.545. The third-order valence-corrected chi connectivity index (χ3v) is 1.94. The molecule has 78 valence electrons. The van der Waals surface area contributed by atoms with Gasteiger partial charge in [-0.25, -0.2) is 0 Å². The Hall–Kier alpha value is -1.25. The summed E-state index contributed by atoms with van der Waals surface area (Å²) < 4.78 is 5.19. The van der Waals surface area contributed by atoms with Crippen molar-refractivity contribution in [1.29, 1.82) is 0 Å². The van der Waals surface area contributed by atoms with Crippen LogP contribution in [0, 0.1) is 5.92 Å². The van der Waals surface area contributed by atoms with Crippen molar-refractivity contribution in [2.45, 2.75) is 33.2 Å². The number of hydrogen-bond acceptors (Lipinski definition) is 2. The van der Waals surface area contributed by atoms with Gasteiger partial charge in [0, 0.05) is 6.42 Å². The first-order valence-electron chi connectivity index (χ1n) is 4.92. The Morgan fingerprint density at radius 3 is 2.71 bits per heavy atom. The average molecular weight is 195 g/mol. The van der Waals surface area contributed by atoms with E-state index in [1.807, 2.05) is 32.9 Å². The van der Waals surface area contributed by atoms with Gasteiger partial charge in [0.1, 0.15) is 5.76 Å². The minimum atomic E-state index is -0.0451. The van der Waals surface area contributed by atoms with E-state index in [4.69, 9.17) is 4.42 Å². The molecule has 1 amide bonds. The number of nitrogens with one attached hydrogen (secondary N) is 1. The van der Waals surface area contributed by atoms with Crippen molar-refractivity contribution in [3.63, 3.8) is 0 Å². The zero-order chi connectivity index (χ0) is 10.6. The summed E-state index contributed by atoms with van der Waals surface area (Å²) in [5, 5.41) is 2.88. The van der Waals surface area contributed by atoms with Crippen molar-refractivity contribution >= 4 is 5.91 Å². The van der Waals surface area contributed by atoms with Crippen molar-refractivity contribution in [3.05, 3.63) is 24.2 Å². The van der Waals surface area contributed by atoms with E-state index in [0.717, 1.165) is 5.76 Å². The second kappa shape index (κ2) is 4.84. The Kier molecular flexibility index (Phi) is 3.74. The fourth-order valence-corrected chi connectivity index (χ4v) is 1.28. The second-order valence-electron chi connectivity index (χ2n) is 3.90. The number of carbonyl (C=O) groups excluding carboxylic acids is 1. The van der Waals surface area contributed by atoms with Gasteiger partial charge in [-0.05, 0) is 25.0 Å². The van der Waals surface area contributed by atoms with Crippen LogP contribution in [0.2, 0.25) is 0 Å². The summed E-state index contributed by atoms with van der Waals surface area (Å²) in [5.74, 6) is 1.25. The van der Waals surface area contributed by atoms with Gasteiger partial charge in [-0.3, -0.25) is 4.79 Å². The van der Waals surface area contributed by atoms with E-state index in [-0.39, 0.29) is 11.9 Å². The van der Waals surface area contributed by atoms with Crippen LogP contribution < -0.4 is 5.32 Å². The highest BCUT2D eigenvalue weighted by Crippen LogP contribution is 2.12. The quantitative estimate of drug-likeness (QED) is 0.802. The number of rotatable bonds is 4. The molecule has 0 fully saturated rings. The first-order chi connectivity index (χ1) is 6.59. The third-order valence-electron chi connectivity index (χ3n) is 1.94. The molecule has 1 aromatic heterocycles. The molecule has 3 nitrogen and oxygen atoms in total. The van der Waals surface area contributed by atoms with E-state index in [9.17, 15) is 4.79 Å². The summed E-state index contributed by atoms with van der Waals surface area (Å²) in [6, 6.07) is 3.64. The van der Waals surface area contributed by atoms with Gasteiger partial charge in [0.05, 0.1) is 12.3 Å². The average Bonchev–Trinajstić information content (AvgIpc) is 2.53. The molecule has 0 aromatic carbocycles. The van der Waals surface area contributed by atoms with Gasteiger partial charge in [0.25, 0.3) is 0 Å². The first-order valence-corrected chi connectivity index (χ1v) is 4.92. The lowest BCUT2D eigenvalue weighted by Crippen LogP contribution is -2.27. The lowest BCUT2D eigenvalue weighted by molar-refractivity contribution is -0.122. The Morgan fingerprint density at radius 1 is 1.50 bits per heavy atom. The fourth-order valence-electron chi connectivity index (χ4n) is 1.28. The zero-order valence-electron chi connectivity index (χ0n) is 8.91. The Balaban J connectivity index is 2.41. The largest absolute Gasteiger partial charge is 0.467 e. The minimum absolute atomic E-state index is 0.0451. The predicted octanol–water partition coefficient (Wildman–Crippen LogP) is 2.50. The van der Waals surface area contributed by atoms with Crippen LogP contribution in [0.5, 0.6) is 0 Å². The molecule has 0 bridgehead atoms. The normalized spacial score (nSPS) is 12.9. The van der Waals surface area contributed by atoms with E-state index < -0.39 is 0 Å². The summed E-state index contributed by atoms with van der Waals surface area (Å²) >= 11 is 0. The highest BCUT2D eigenvalue weighted by atomic mass is 16.3. The standard InChI is InChI=1S/C11H17NO2/c1-8(2)7-11(13)12-9(3)10-5-4-6-14-10/h4-6,8-9H,7H2,1-3H3,(H,12,13). The topological polar surface area (TPSA) is 42.2 Å². The molecule has 1 heterocycles. The van der Waals surface area contributed by atoms with E-state index >= 15 is 0 Å². The molecule has 0 radical (unpaired) electrons. The van der Waals surface area contributed by atoms with E-state index in [2.05, 4.69) is 5.32 Å². The maximum Gasteiger partial charge on any atom is 0.220 e. The van der Waals surface area contributed by atoms with Crippen LogP contribution in [-0.4, -0.2) is 5.91 Å². The van der Waals surface area contributed by atoms with Crippen LogP contribution in [0.25, 0.3) is 0 Å². The van der Waals surface area contributed by atoms with Crippen LogP contribution in [0.15, 0.2) is 22.8 Å². The number of furan rings is 1. The minimum Gasteiger partial charge on any atom is -0.467 e. The van der Waals surface area contributed by atoms with Crippen molar-refractivity contribution in [1.82, 2.24) is 5.32 Å². The summed E-state index contributed by atoms with van der Waals surface area (Å²) in [7, 11) is 0. The van der Waals surface area contributed by atoms with Gasteiger partial charge in [-0.1, -0.05) is 13.8 Å². The molecule has 0 aliphatic rings. The number of carbonyl (C=O) groups is 1. The summed E-state index contributed by atoms with van der Waals surface area (Å²) in [5.41, 5.74) is 0. The summed E-state index contributed by atoms with van der Waals surface area (Å²) in [6.07, 6.45) is 2.17. The molecule has 1 unspecified atom stereocenters. The molecule has 1 atom stereocenters. The Bertz CT molecular complexity index is 277. The van der Waals surface area contributed by atoms with Crippen LogP contribution in [0.4, 0.5) is 0 Å². The molecule has 0 aliphatic carbocycles. The maximum atomic E-state index is 11.4. The lowest BCUT2D eigenvalue weighted by Gasteiger charge is -2.12. The van der Waals surface area contributed by atoms with E-state index in [1.165, 1.54) is 0 Å². The smallest absolute Gasteiger partial charge is 0.220 e. The third kappa shape index (κ3) is 3.24. The lowest BCUT2D eigenvalue weighted by atomic mass is 10.1. The van der Waals surface area contributed by atoms with Crippen LogP contribution >= 0.6 is 0 Å².